The molecule has 106 valence electrons. The molecule has 2 unspecified atom stereocenters. The fourth-order valence-corrected chi connectivity index (χ4v) is 4.28. The lowest BCUT2D eigenvalue weighted by Gasteiger charge is -2.21. The fourth-order valence-electron chi connectivity index (χ4n) is 2.99. The molecule has 3 rings (SSSR count). The van der Waals surface area contributed by atoms with E-state index in [-0.39, 0.29) is 0 Å². The second-order valence-electron chi connectivity index (χ2n) is 5.52. The second kappa shape index (κ2) is 5.77. The van der Waals surface area contributed by atoms with Crippen LogP contribution in [0.3, 0.4) is 0 Å². The smallest absolute Gasteiger partial charge is 0.185 e. The topological polar surface area (TPSA) is 37.4 Å². The molecule has 1 fully saturated rings. The van der Waals surface area contributed by atoms with E-state index in [9.17, 15) is 0 Å². The molecule has 1 aliphatic heterocycles. The molecule has 0 saturated carbocycles. The van der Waals surface area contributed by atoms with Crippen molar-refractivity contribution in [2.24, 2.45) is 0 Å². The number of thiazole rings is 1. The Kier molecular flexibility index (Phi) is 4.05. The van der Waals surface area contributed by atoms with Crippen molar-refractivity contribution < 1.29 is 4.74 Å². The number of ether oxygens (including phenoxy) is 1. The van der Waals surface area contributed by atoms with Crippen LogP contribution in [0.15, 0.2) is 0 Å². The highest BCUT2D eigenvalue weighted by atomic mass is 32.1. The Morgan fingerprint density at radius 1 is 1.42 bits per heavy atom. The molecule has 2 heterocycles. The standard InChI is InChI=1S/C14H23N3OS/c1-10-9-17(7-4-8-18-10)14-16-12-6-3-5-11(15-2)13(12)19-14/h10-11,15H,3-9H2,1-2H3. The van der Waals surface area contributed by atoms with Gasteiger partial charge in [0.05, 0.1) is 11.8 Å². The summed E-state index contributed by atoms with van der Waals surface area (Å²) in [6, 6.07) is 0.510. The molecule has 5 heteroatoms. The van der Waals surface area contributed by atoms with Gasteiger partial charge in [-0.3, -0.25) is 0 Å². The van der Waals surface area contributed by atoms with E-state index in [1.54, 1.807) is 0 Å². The molecule has 0 spiro atoms. The van der Waals surface area contributed by atoms with E-state index in [1.807, 2.05) is 11.3 Å². The molecule has 4 nitrogen and oxygen atoms in total. The number of hydrogen-bond donors (Lipinski definition) is 1. The SMILES string of the molecule is CNC1CCCc2nc(N3CCCOC(C)C3)sc21. The molecule has 1 aliphatic carbocycles. The largest absolute Gasteiger partial charge is 0.377 e. The van der Waals surface area contributed by atoms with Gasteiger partial charge in [0.2, 0.25) is 0 Å². The number of rotatable bonds is 2. The Morgan fingerprint density at radius 2 is 2.32 bits per heavy atom. The summed E-state index contributed by atoms with van der Waals surface area (Å²) >= 11 is 1.88. The minimum absolute atomic E-state index is 0.309. The first kappa shape index (κ1) is 13.3. The third kappa shape index (κ3) is 2.78. The number of anilines is 1. The van der Waals surface area contributed by atoms with Crippen LogP contribution in [0.2, 0.25) is 0 Å². The van der Waals surface area contributed by atoms with Gasteiger partial charge >= 0.3 is 0 Å². The minimum atomic E-state index is 0.309. The molecule has 19 heavy (non-hydrogen) atoms. The van der Waals surface area contributed by atoms with Crippen LogP contribution in [0.5, 0.6) is 0 Å². The summed E-state index contributed by atoms with van der Waals surface area (Å²) in [5, 5.41) is 4.62. The van der Waals surface area contributed by atoms with Gasteiger partial charge in [-0.15, -0.1) is 0 Å². The number of nitrogens with one attached hydrogen (secondary N) is 1. The Bertz CT molecular complexity index is 434. The average Bonchev–Trinajstić information content (AvgIpc) is 2.74. The highest BCUT2D eigenvalue weighted by molar-refractivity contribution is 7.15. The highest BCUT2D eigenvalue weighted by Gasteiger charge is 2.26. The molecular formula is C14H23N3OS. The Balaban J connectivity index is 1.83. The van der Waals surface area contributed by atoms with Crippen LogP contribution in [-0.4, -0.2) is 37.8 Å². The number of aryl methyl sites for hydroxylation is 1. The van der Waals surface area contributed by atoms with Gasteiger partial charge in [-0.2, -0.15) is 0 Å². The number of hydrogen-bond acceptors (Lipinski definition) is 5. The van der Waals surface area contributed by atoms with Gasteiger partial charge in [0, 0.05) is 30.6 Å². The molecule has 0 aromatic carbocycles. The van der Waals surface area contributed by atoms with Gasteiger partial charge in [0.25, 0.3) is 0 Å². The lowest BCUT2D eigenvalue weighted by molar-refractivity contribution is 0.0821. The molecule has 1 saturated heterocycles. The van der Waals surface area contributed by atoms with Crippen molar-refractivity contribution in [1.29, 1.82) is 0 Å². The van der Waals surface area contributed by atoms with Crippen LogP contribution >= 0.6 is 11.3 Å². The predicted octanol–water partition coefficient (Wildman–Crippen LogP) is 2.36. The van der Waals surface area contributed by atoms with Crippen LogP contribution in [0, 0.1) is 0 Å². The van der Waals surface area contributed by atoms with E-state index in [0.29, 0.717) is 12.1 Å². The maximum absolute atomic E-state index is 5.72. The zero-order valence-electron chi connectivity index (χ0n) is 11.8. The van der Waals surface area contributed by atoms with Crippen LogP contribution in [0.25, 0.3) is 0 Å². The van der Waals surface area contributed by atoms with E-state index in [1.165, 1.54) is 28.5 Å². The maximum atomic E-state index is 5.72. The summed E-state index contributed by atoms with van der Waals surface area (Å²) in [6.07, 6.45) is 5.04. The molecule has 0 radical (unpaired) electrons. The zero-order chi connectivity index (χ0) is 13.2. The Labute approximate surface area is 119 Å². The van der Waals surface area contributed by atoms with Gasteiger partial charge in [-0.1, -0.05) is 11.3 Å². The zero-order valence-corrected chi connectivity index (χ0v) is 12.6. The molecule has 2 atom stereocenters. The predicted molar refractivity (Wildman–Crippen MR) is 79.1 cm³/mol. The van der Waals surface area contributed by atoms with Crippen molar-refractivity contribution in [2.45, 2.75) is 44.8 Å². The van der Waals surface area contributed by atoms with Crippen molar-refractivity contribution >= 4 is 16.5 Å². The third-order valence-corrected chi connectivity index (χ3v) is 5.28. The molecule has 1 N–H and O–H groups in total. The first-order valence-electron chi connectivity index (χ1n) is 7.31. The first-order chi connectivity index (χ1) is 9.28. The van der Waals surface area contributed by atoms with Crippen molar-refractivity contribution in [1.82, 2.24) is 10.3 Å². The van der Waals surface area contributed by atoms with E-state index >= 15 is 0 Å². The third-order valence-electron chi connectivity index (χ3n) is 4.01. The van der Waals surface area contributed by atoms with E-state index < -0.39 is 0 Å². The van der Waals surface area contributed by atoms with Gasteiger partial charge in [-0.05, 0) is 39.7 Å². The van der Waals surface area contributed by atoms with Crippen molar-refractivity contribution in [3.63, 3.8) is 0 Å². The first-order valence-corrected chi connectivity index (χ1v) is 8.13. The summed E-state index contributed by atoms with van der Waals surface area (Å²) in [5.74, 6) is 0. The molecule has 0 bridgehead atoms. The van der Waals surface area contributed by atoms with Crippen LogP contribution in [-0.2, 0) is 11.2 Å². The van der Waals surface area contributed by atoms with Crippen molar-refractivity contribution in [3.05, 3.63) is 10.6 Å². The van der Waals surface area contributed by atoms with E-state index in [2.05, 4.69) is 24.2 Å². The molecule has 0 amide bonds. The second-order valence-corrected chi connectivity index (χ2v) is 6.53. The van der Waals surface area contributed by atoms with Gasteiger partial charge < -0.3 is 15.0 Å². The van der Waals surface area contributed by atoms with Crippen LogP contribution in [0.4, 0.5) is 5.13 Å². The maximum Gasteiger partial charge on any atom is 0.185 e. The van der Waals surface area contributed by atoms with Crippen LogP contribution in [0.1, 0.15) is 42.8 Å². The molecular weight excluding hydrogens is 258 g/mol. The van der Waals surface area contributed by atoms with Gasteiger partial charge in [0.15, 0.2) is 5.13 Å². The normalized spacial score (nSPS) is 28.0. The number of nitrogens with zero attached hydrogens (tertiary/aromatic N) is 2. The molecule has 1 aromatic rings. The van der Waals surface area contributed by atoms with Gasteiger partial charge in [-0.25, -0.2) is 4.98 Å². The van der Waals surface area contributed by atoms with E-state index in [4.69, 9.17) is 9.72 Å². The average molecular weight is 281 g/mol. The Hall–Kier alpha value is -0.650. The summed E-state index contributed by atoms with van der Waals surface area (Å²) < 4.78 is 5.72. The van der Waals surface area contributed by atoms with Crippen molar-refractivity contribution in [3.8, 4) is 0 Å². The summed E-state index contributed by atoms with van der Waals surface area (Å²) in [4.78, 5) is 8.77. The summed E-state index contributed by atoms with van der Waals surface area (Å²) in [6.45, 7) is 5.07. The molecule has 1 aromatic heterocycles. The number of fused-ring (bicyclic) bond motifs is 1. The van der Waals surface area contributed by atoms with Crippen LogP contribution < -0.4 is 10.2 Å². The minimum Gasteiger partial charge on any atom is -0.377 e. The lowest BCUT2D eigenvalue weighted by atomic mass is 9.98. The monoisotopic (exact) mass is 281 g/mol. The molecule has 2 aliphatic rings. The summed E-state index contributed by atoms with van der Waals surface area (Å²) in [7, 11) is 2.06. The Morgan fingerprint density at radius 3 is 3.16 bits per heavy atom. The summed E-state index contributed by atoms with van der Waals surface area (Å²) in [5.41, 5.74) is 1.32. The highest BCUT2D eigenvalue weighted by Crippen LogP contribution is 2.37. The van der Waals surface area contributed by atoms with E-state index in [0.717, 1.165) is 32.5 Å². The fraction of sp³-hybridized carbons (Fsp3) is 0.786. The number of aromatic nitrogens is 1. The van der Waals surface area contributed by atoms with Gasteiger partial charge in [0.1, 0.15) is 0 Å². The quantitative estimate of drug-likeness (QED) is 0.903. The lowest BCUT2D eigenvalue weighted by Crippen LogP contribution is -2.29. The van der Waals surface area contributed by atoms with Crippen molar-refractivity contribution in [2.75, 3.05) is 31.6 Å².